The Morgan fingerprint density at radius 3 is 2.35 bits per heavy atom. The van der Waals surface area contributed by atoms with Gasteiger partial charge in [0, 0.05) is 20.0 Å². The van der Waals surface area contributed by atoms with Crippen molar-refractivity contribution < 1.29 is 39.4 Å². The summed E-state index contributed by atoms with van der Waals surface area (Å²) in [6.07, 6.45) is -5.53. The number of esters is 1. The number of hydrogen-bond acceptors (Lipinski definition) is 8. The number of hydrogen-bond donors (Lipinski definition) is 4. The third kappa shape index (κ3) is 6.03. The van der Waals surface area contributed by atoms with E-state index in [0.717, 1.165) is 16.7 Å². The highest BCUT2D eigenvalue weighted by molar-refractivity contribution is 5.65. The van der Waals surface area contributed by atoms with Crippen LogP contribution in [0.4, 0.5) is 0 Å². The molecular formula is C23H28O8. The van der Waals surface area contributed by atoms with E-state index in [-0.39, 0.29) is 13.2 Å². The summed E-state index contributed by atoms with van der Waals surface area (Å²) in [4.78, 5) is 11.0. The lowest BCUT2D eigenvalue weighted by molar-refractivity contribution is -0.281. The largest absolute Gasteiger partial charge is 0.482 e. The summed E-state index contributed by atoms with van der Waals surface area (Å²) in [5, 5.41) is 40.2. The van der Waals surface area contributed by atoms with E-state index < -0.39 is 36.7 Å². The number of aliphatic hydroxyl groups is 4. The van der Waals surface area contributed by atoms with Crippen LogP contribution in [0, 0.1) is 0 Å². The average Bonchev–Trinajstić information content (AvgIpc) is 2.75. The number of benzene rings is 2. The minimum absolute atomic E-state index is 0.0950. The molecule has 2 aromatic rings. The van der Waals surface area contributed by atoms with E-state index in [1.54, 1.807) is 12.1 Å². The number of carbonyl (C=O) groups excluding carboxylic acids is 1. The molecule has 0 amide bonds. The van der Waals surface area contributed by atoms with Gasteiger partial charge in [0.05, 0.1) is 0 Å². The highest BCUT2D eigenvalue weighted by Crippen LogP contribution is 2.28. The molecule has 0 saturated carbocycles. The molecule has 1 saturated heterocycles. The zero-order chi connectivity index (χ0) is 22.4. The molecule has 0 bridgehead atoms. The van der Waals surface area contributed by atoms with Gasteiger partial charge in [-0.1, -0.05) is 42.5 Å². The standard InChI is InChI=1S/C23H28O8/c1-14(25)29-13-19-20(26)21(27)22(23(28)31-19)30-18-5-3-2-4-17(18)12-16-8-6-15(7-9-16)10-11-24/h2-9,19-24,26-28H,10-13H2,1H3/t19-,20-,21+,22-,23-/m1/s1. The van der Waals surface area contributed by atoms with Crippen LogP contribution in [0.25, 0.3) is 0 Å². The second-order valence-corrected chi connectivity index (χ2v) is 7.51. The summed E-state index contributed by atoms with van der Waals surface area (Å²) in [7, 11) is 0. The first-order valence-corrected chi connectivity index (χ1v) is 10.1. The van der Waals surface area contributed by atoms with Crippen molar-refractivity contribution in [3.05, 3.63) is 65.2 Å². The maximum Gasteiger partial charge on any atom is 0.302 e. The molecule has 1 aliphatic rings. The quantitative estimate of drug-likeness (QED) is 0.446. The fraction of sp³-hybridized carbons (Fsp3) is 0.435. The molecule has 0 radical (unpaired) electrons. The molecule has 1 aliphatic heterocycles. The van der Waals surface area contributed by atoms with Gasteiger partial charge in [-0.15, -0.1) is 0 Å². The number of ether oxygens (including phenoxy) is 3. The summed E-state index contributed by atoms with van der Waals surface area (Å²) in [5.74, 6) is -0.115. The number of para-hydroxylation sites is 1. The molecule has 3 rings (SSSR count). The smallest absolute Gasteiger partial charge is 0.302 e. The summed E-state index contributed by atoms with van der Waals surface area (Å²) in [5.41, 5.74) is 2.90. The van der Waals surface area contributed by atoms with Crippen molar-refractivity contribution in [2.45, 2.75) is 50.5 Å². The fourth-order valence-electron chi connectivity index (χ4n) is 3.47. The molecule has 31 heavy (non-hydrogen) atoms. The van der Waals surface area contributed by atoms with Crippen molar-refractivity contribution in [1.29, 1.82) is 0 Å². The lowest BCUT2D eigenvalue weighted by Crippen LogP contribution is -2.60. The molecule has 0 spiro atoms. The van der Waals surface area contributed by atoms with Crippen molar-refractivity contribution in [1.82, 2.24) is 0 Å². The number of rotatable bonds is 8. The zero-order valence-corrected chi connectivity index (χ0v) is 17.3. The molecule has 5 atom stereocenters. The van der Waals surface area contributed by atoms with Crippen molar-refractivity contribution in [2.75, 3.05) is 13.2 Å². The molecule has 0 unspecified atom stereocenters. The van der Waals surface area contributed by atoms with Crippen LogP contribution < -0.4 is 4.74 Å². The van der Waals surface area contributed by atoms with Gasteiger partial charge < -0.3 is 34.6 Å². The highest BCUT2D eigenvalue weighted by Gasteiger charge is 2.46. The van der Waals surface area contributed by atoms with Crippen molar-refractivity contribution in [3.63, 3.8) is 0 Å². The minimum atomic E-state index is -1.52. The normalized spacial score (nSPS) is 25.8. The van der Waals surface area contributed by atoms with Crippen molar-refractivity contribution in [2.24, 2.45) is 0 Å². The predicted octanol–water partition coefficient (Wildman–Crippen LogP) is 0.562. The van der Waals surface area contributed by atoms with Gasteiger partial charge in [-0.2, -0.15) is 0 Å². The second-order valence-electron chi connectivity index (χ2n) is 7.51. The highest BCUT2D eigenvalue weighted by atomic mass is 16.7. The van der Waals surface area contributed by atoms with Gasteiger partial charge in [0.1, 0.15) is 30.7 Å². The SMILES string of the molecule is CC(=O)OC[C@H]1O[C@@H](O)[C@H](Oc2ccccc2Cc2ccc(CCO)cc2)[C@@H](O)[C@@H]1O. The monoisotopic (exact) mass is 432 g/mol. The van der Waals surface area contributed by atoms with Gasteiger partial charge in [-0.3, -0.25) is 4.79 Å². The van der Waals surface area contributed by atoms with Gasteiger partial charge in [0.15, 0.2) is 12.4 Å². The van der Waals surface area contributed by atoms with E-state index in [1.165, 1.54) is 6.92 Å². The Kier molecular flexibility index (Phi) is 8.00. The summed E-state index contributed by atoms with van der Waals surface area (Å²) in [6.45, 7) is 1.02. The fourth-order valence-corrected chi connectivity index (χ4v) is 3.47. The first kappa shape index (κ1) is 23.2. The Morgan fingerprint density at radius 2 is 1.68 bits per heavy atom. The Hall–Kier alpha value is -2.49. The molecule has 0 aromatic heterocycles. The van der Waals surface area contributed by atoms with Crippen molar-refractivity contribution >= 4 is 5.97 Å². The molecule has 4 N–H and O–H groups in total. The van der Waals surface area contributed by atoms with E-state index >= 15 is 0 Å². The first-order valence-electron chi connectivity index (χ1n) is 10.1. The van der Waals surface area contributed by atoms with Crippen LogP contribution in [0.15, 0.2) is 48.5 Å². The molecule has 8 heteroatoms. The van der Waals surface area contributed by atoms with E-state index in [1.807, 2.05) is 36.4 Å². The van der Waals surface area contributed by atoms with E-state index in [2.05, 4.69) is 0 Å². The van der Waals surface area contributed by atoms with Gasteiger partial charge in [-0.25, -0.2) is 0 Å². The third-order valence-electron chi connectivity index (χ3n) is 5.17. The predicted molar refractivity (Wildman–Crippen MR) is 110 cm³/mol. The second kappa shape index (κ2) is 10.7. The molecular weight excluding hydrogens is 404 g/mol. The van der Waals surface area contributed by atoms with Crippen LogP contribution in [0.5, 0.6) is 5.75 Å². The summed E-state index contributed by atoms with van der Waals surface area (Å²) in [6, 6.07) is 15.1. The third-order valence-corrected chi connectivity index (χ3v) is 5.17. The van der Waals surface area contributed by atoms with Crippen LogP contribution in [0.3, 0.4) is 0 Å². The van der Waals surface area contributed by atoms with Crippen LogP contribution in [-0.4, -0.2) is 70.3 Å². The maximum absolute atomic E-state index is 11.0. The zero-order valence-electron chi connectivity index (χ0n) is 17.3. The van der Waals surface area contributed by atoms with Gasteiger partial charge in [-0.05, 0) is 29.2 Å². The lowest BCUT2D eigenvalue weighted by Gasteiger charge is -2.40. The van der Waals surface area contributed by atoms with Crippen molar-refractivity contribution in [3.8, 4) is 5.75 Å². The summed E-state index contributed by atoms with van der Waals surface area (Å²) >= 11 is 0. The number of aliphatic hydroxyl groups excluding tert-OH is 4. The molecule has 0 aliphatic carbocycles. The minimum Gasteiger partial charge on any atom is -0.482 e. The van der Waals surface area contributed by atoms with Crippen LogP contribution in [0.2, 0.25) is 0 Å². The lowest BCUT2D eigenvalue weighted by atomic mass is 9.98. The summed E-state index contributed by atoms with van der Waals surface area (Å²) < 4.78 is 16.0. The topological polar surface area (TPSA) is 126 Å². The van der Waals surface area contributed by atoms with Gasteiger partial charge in [0.2, 0.25) is 0 Å². The molecule has 1 fully saturated rings. The Labute approximate surface area is 180 Å². The average molecular weight is 432 g/mol. The molecule has 8 nitrogen and oxygen atoms in total. The van der Waals surface area contributed by atoms with Crippen LogP contribution in [-0.2, 0) is 27.1 Å². The number of carbonyl (C=O) groups is 1. The van der Waals surface area contributed by atoms with E-state index in [4.69, 9.17) is 19.3 Å². The Bertz CT molecular complexity index is 853. The van der Waals surface area contributed by atoms with Crippen LogP contribution in [0.1, 0.15) is 23.6 Å². The first-order chi connectivity index (χ1) is 14.9. The Morgan fingerprint density at radius 1 is 1.00 bits per heavy atom. The van der Waals surface area contributed by atoms with Gasteiger partial charge in [0.25, 0.3) is 0 Å². The van der Waals surface area contributed by atoms with E-state index in [9.17, 15) is 20.1 Å². The van der Waals surface area contributed by atoms with Gasteiger partial charge >= 0.3 is 5.97 Å². The molecule has 2 aromatic carbocycles. The van der Waals surface area contributed by atoms with Crippen LogP contribution >= 0.6 is 0 Å². The van der Waals surface area contributed by atoms with E-state index in [0.29, 0.717) is 18.6 Å². The molecule has 1 heterocycles. The molecule has 168 valence electrons. The maximum atomic E-state index is 11.0. The Balaban J connectivity index is 1.70.